The third-order valence-electron chi connectivity index (χ3n) is 3.09. The van der Waals surface area contributed by atoms with E-state index in [1.165, 1.54) is 5.56 Å². The van der Waals surface area contributed by atoms with Crippen molar-refractivity contribution in [1.82, 2.24) is 5.32 Å². The largest absolute Gasteiger partial charge is 0.350 e. The second-order valence-electron chi connectivity index (χ2n) is 5.00. The van der Waals surface area contributed by atoms with Gasteiger partial charge in [0.05, 0.1) is 6.04 Å². The number of nitrogens with one attached hydrogen (secondary N) is 1. The second kappa shape index (κ2) is 7.17. The van der Waals surface area contributed by atoms with Gasteiger partial charge in [-0.25, -0.2) is 0 Å². The summed E-state index contributed by atoms with van der Waals surface area (Å²) in [7, 11) is 0. The van der Waals surface area contributed by atoms with Crippen molar-refractivity contribution in [1.29, 1.82) is 0 Å². The van der Waals surface area contributed by atoms with Crippen LogP contribution in [-0.2, 0) is 4.79 Å². The number of hydrogen-bond acceptors (Lipinski definition) is 2. The molecule has 3 N–H and O–H groups in total. The maximum Gasteiger partial charge on any atom is 0.220 e. The Morgan fingerprint density at radius 2 is 1.72 bits per heavy atom. The monoisotopic (exact) mass is 248 g/mol. The van der Waals surface area contributed by atoms with Gasteiger partial charge >= 0.3 is 0 Å². The highest BCUT2D eigenvalue weighted by atomic mass is 16.1. The van der Waals surface area contributed by atoms with E-state index in [0.29, 0.717) is 18.9 Å². The minimum atomic E-state index is 0.0523. The number of benzene rings is 1. The molecule has 0 aliphatic carbocycles. The molecule has 1 aromatic carbocycles. The molecule has 0 aromatic heterocycles. The van der Waals surface area contributed by atoms with Crippen LogP contribution in [0.3, 0.4) is 0 Å². The molecule has 0 saturated carbocycles. The normalized spacial score (nSPS) is 12.5. The standard InChI is InChI=1S/C15H24N2O/c1-11(2)13-6-8-14(9-7-13)12(3)17-15(18)5-4-10-16/h6-9,11-12H,4-5,10,16H2,1-3H3,(H,17,18). The molecule has 18 heavy (non-hydrogen) atoms. The molecule has 0 radical (unpaired) electrons. The third kappa shape index (κ3) is 4.49. The van der Waals surface area contributed by atoms with E-state index in [9.17, 15) is 4.79 Å². The molecular weight excluding hydrogens is 224 g/mol. The fourth-order valence-electron chi connectivity index (χ4n) is 1.83. The van der Waals surface area contributed by atoms with E-state index in [4.69, 9.17) is 5.73 Å². The Bertz CT molecular complexity index is 371. The summed E-state index contributed by atoms with van der Waals surface area (Å²) in [4.78, 5) is 11.6. The van der Waals surface area contributed by atoms with Crippen LogP contribution < -0.4 is 11.1 Å². The van der Waals surface area contributed by atoms with E-state index in [1.807, 2.05) is 6.92 Å². The maximum absolute atomic E-state index is 11.6. The van der Waals surface area contributed by atoms with Crippen LogP contribution in [0.2, 0.25) is 0 Å². The Morgan fingerprint density at radius 3 is 2.22 bits per heavy atom. The molecule has 100 valence electrons. The van der Waals surface area contributed by atoms with Crippen LogP contribution in [-0.4, -0.2) is 12.5 Å². The van der Waals surface area contributed by atoms with Crippen molar-refractivity contribution in [3.8, 4) is 0 Å². The Labute approximate surface area is 110 Å². The minimum Gasteiger partial charge on any atom is -0.350 e. The summed E-state index contributed by atoms with van der Waals surface area (Å²) in [6.45, 7) is 6.91. The Hall–Kier alpha value is -1.35. The van der Waals surface area contributed by atoms with Crippen molar-refractivity contribution in [3.63, 3.8) is 0 Å². The van der Waals surface area contributed by atoms with Crippen LogP contribution in [0.4, 0.5) is 0 Å². The maximum atomic E-state index is 11.6. The van der Waals surface area contributed by atoms with Gasteiger partial charge in [-0.05, 0) is 36.9 Å². The summed E-state index contributed by atoms with van der Waals surface area (Å²) >= 11 is 0. The molecule has 3 heteroatoms. The lowest BCUT2D eigenvalue weighted by atomic mass is 9.99. The van der Waals surface area contributed by atoms with Crippen LogP contribution in [0.15, 0.2) is 24.3 Å². The van der Waals surface area contributed by atoms with E-state index in [2.05, 4.69) is 43.4 Å². The van der Waals surface area contributed by atoms with Crippen molar-refractivity contribution in [2.45, 2.75) is 45.6 Å². The lowest BCUT2D eigenvalue weighted by Gasteiger charge is -2.15. The molecule has 0 saturated heterocycles. The molecular formula is C15H24N2O. The summed E-state index contributed by atoms with van der Waals surface area (Å²) in [5.74, 6) is 0.606. The Kier molecular flexibility index (Phi) is 5.86. The minimum absolute atomic E-state index is 0.0523. The first-order chi connectivity index (χ1) is 8.54. The molecule has 0 heterocycles. The van der Waals surface area contributed by atoms with Gasteiger partial charge in [-0.3, -0.25) is 4.79 Å². The predicted octanol–water partition coefficient (Wildman–Crippen LogP) is 2.73. The van der Waals surface area contributed by atoms with Crippen LogP contribution >= 0.6 is 0 Å². The van der Waals surface area contributed by atoms with Gasteiger partial charge in [0.15, 0.2) is 0 Å². The molecule has 3 nitrogen and oxygen atoms in total. The zero-order chi connectivity index (χ0) is 13.5. The summed E-state index contributed by atoms with van der Waals surface area (Å²) < 4.78 is 0. The van der Waals surface area contributed by atoms with Gasteiger partial charge in [-0.1, -0.05) is 38.1 Å². The van der Waals surface area contributed by atoms with E-state index in [-0.39, 0.29) is 11.9 Å². The number of rotatable bonds is 6. The van der Waals surface area contributed by atoms with Gasteiger partial charge in [0.25, 0.3) is 0 Å². The van der Waals surface area contributed by atoms with Crippen molar-refractivity contribution in [2.75, 3.05) is 6.54 Å². The van der Waals surface area contributed by atoms with Crippen molar-refractivity contribution >= 4 is 5.91 Å². The quantitative estimate of drug-likeness (QED) is 0.813. The van der Waals surface area contributed by atoms with E-state index >= 15 is 0 Å². The highest BCUT2D eigenvalue weighted by Crippen LogP contribution is 2.18. The SMILES string of the molecule is CC(C)c1ccc(C(C)NC(=O)CCCN)cc1. The topological polar surface area (TPSA) is 55.1 Å². The molecule has 1 aromatic rings. The lowest BCUT2D eigenvalue weighted by molar-refractivity contribution is -0.121. The van der Waals surface area contributed by atoms with Gasteiger partial charge in [-0.15, -0.1) is 0 Å². The fourth-order valence-corrected chi connectivity index (χ4v) is 1.83. The highest BCUT2D eigenvalue weighted by molar-refractivity contribution is 5.76. The smallest absolute Gasteiger partial charge is 0.220 e. The molecule has 0 fully saturated rings. The predicted molar refractivity (Wildman–Crippen MR) is 75.4 cm³/mol. The number of carbonyl (C=O) groups excluding carboxylic acids is 1. The highest BCUT2D eigenvalue weighted by Gasteiger charge is 2.09. The zero-order valence-corrected chi connectivity index (χ0v) is 11.6. The van der Waals surface area contributed by atoms with Crippen molar-refractivity contribution < 1.29 is 4.79 Å². The zero-order valence-electron chi connectivity index (χ0n) is 11.6. The van der Waals surface area contributed by atoms with Crippen molar-refractivity contribution in [3.05, 3.63) is 35.4 Å². The fraction of sp³-hybridized carbons (Fsp3) is 0.533. The molecule has 0 spiro atoms. The summed E-state index contributed by atoms with van der Waals surface area (Å²) in [6.07, 6.45) is 1.25. The average molecular weight is 248 g/mol. The summed E-state index contributed by atoms with van der Waals surface area (Å²) in [6, 6.07) is 8.48. The van der Waals surface area contributed by atoms with E-state index in [1.54, 1.807) is 0 Å². The number of nitrogens with two attached hydrogens (primary N) is 1. The third-order valence-corrected chi connectivity index (χ3v) is 3.09. The molecule has 0 bridgehead atoms. The molecule has 1 unspecified atom stereocenters. The van der Waals surface area contributed by atoms with Gasteiger partial charge < -0.3 is 11.1 Å². The number of hydrogen-bond donors (Lipinski definition) is 2. The molecule has 1 amide bonds. The first-order valence-corrected chi connectivity index (χ1v) is 6.64. The first kappa shape index (κ1) is 14.7. The Morgan fingerprint density at radius 1 is 1.17 bits per heavy atom. The molecule has 0 aliphatic heterocycles. The molecule has 0 aliphatic rings. The number of carbonyl (C=O) groups is 1. The second-order valence-corrected chi connectivity index (χ2v) is 5.00. The Balaban J connectivity index is 2.56. The lowest BCUT2D eigenvalue weighted by Crippen LogP contribution is -2.26. The van der Waals surface area contributed by atoms with Gasteiger partial charge in [0, 0.05) is 6.42 Å². The molecule has 1 atom stereocenters. The van der Waals surface area contributed by atoms with Gasteiger partial charge in [0.2, 0.25) is 5.91 Å². The summed E-state index contributed by atoms with van der Waals surface area (Å²) in [5, 5.41) is 2.99. The van der Waals surface area contributed by atoms with Crippen LogP contribution in [0.1, 0.15) is 56.7 Å². The average Bonchev–Trinajstić information content (AvgIpc) is 2.36. The van der Waals surface area contributed by atoms with E-state index < -0.39 is 0 Å². The summed E-state index contributed by atoms with van der Waals surface area (Å²) in [5.41, 5.74) is 7.84. The van der Waals surface area contributed by atoms with Gasteiger partial charge in [0.1, 0.15) is 0 Å². The van der Waals surface area contributed by atoms with Crippen molar-refractivity contribution in [2.24, 2.45) is 5.73 Å². The van der Waals surface area contributed by atoms with Gasteiger partial charge in [-0.2, -0.15) is 0 Å². The first-order valence-electron chi connectivity index (χ1n) is 6.64. The van der Waals surface area contributed by atoms with Crippen LogP contribution in [0.5, 0.6) is 0 Å². The number of amides is 1. The van der Waals surface area contributed by atoms with Crippen LogP contribution in [0, 0.1) is 0 Å². The van der Waals surface area contributed by atoms with E-state index in [0.717, 1.165) is 12.0 Å². The molecule has 1 rings (SSSR count). The van der Waals surface area contributed by atoms with Crippen LogP contribution in [0.25, 0.3) is 0 Å².